The van der Waals surface area contributed by atoms with Crippen molar-refractivity contribution in [1.29, 1.82) is 0 Å². The van der Waals surface area contributed by atoms with Gasteiger partial charge in [-0.25, -0.2) is 0 Å². The van der Waals surface area contributed by atoms with Crippen molar-refractivity contribution >= 4 is 23.5 Å². The Morgan fingerprint density at radius 1 is 0.773 bits per heavy atom. The Kier molecular flexibility index (Phi) is 5.03. The number of carbonyl (C=O) groups excluding carboxylic acids is 4. The minimum absolute atomic E-state index is 0.0959. The molecule has 0 fully saturated rings. The highest BCUT2D eigenvalue weighted by atomic mass is 16.5. The van der Waals surface area contributed by atoms with Gasteiger partial charge in [-0.2, -0.15) is 0 Å². The van der Waals surface area contributed by atoms with Gasteiger partial charge in [0.2, 0.25) is 0 Å². The van der Waals surface area contributed by atoms with E-state index in [1.165, 1.54) is 6.92 Å². The van der Waals surface area contributed by atoms with Crippen LogP contribution in [0.3, 0.4) is 0 Å². The molecule has 7 heteroatoms. The number of aromatic hydroxyl groups is 1. The van der Waals surface area contributed by atoms with Gasteiger partial charge < -0.3 is 14.6 Å². The van der Waals surface area contributed by atoms with Crippen LogP contribution in [0, 0.1) is 6.92 Å². The SMILES string of the molecule is CC(=O)Oc1c(C)c(OC(C)=O)c(C(C)=O)c(O)c1C(C)=O. The fourth-order valence-electron chi connectivity index (χ4n) is 2.01. The number of phenols is 1. The summed E-state index contributed by atoms with van der Waals surface area (Å²) < 4.78 is 9.91. The van der Waals surface area contributed by atoms with Crippen LogP contribution in [0.15, 0.2) is 0 Å². The van der Waals surface area contributed by atoms with Crippen molar-refractivity contribution in [2.75, 3.05) is 0 Å². The number of esters is 2. The van der Waals surface area contributed by atoms with Crippen molar-refractivity contribution in [2.45, 2.75) is 34.6 Å². The van der Waals surface area contributed by atoms with Gasteiger partial charge in [0.1, 0.15) is 16.9 Å². The van der Waals surface area contributed by atoms with Crippen molar-refractivity contribution in [2.24, 2.45) is 0 Å². The molecule has 7 nitrogen and oxygen atoms in total. The lowest BCUT2D eigenvalue weighted by atomic mass is 9.96. The number of rotatable bonds is 4. The van der Waals surface area contributed by atoms with Crippen LogP contribution in [0.1, 0.15) is 54.0 Å². The average Bonchev–Trinajstić information content (AvgIpc) is 2.33. The van der Waals surface area contributed by atoms with Crippen molar-refractivity contribution in [1.82, 2.24) is 0 Å². The van der Waals surface area contributed by atoms with Crippen LogP contribution < -0.4 is 9.47 Å². The van der Waals surface area contributed by atoms with Crippen LogP contribution in [-0.4, -0.2) is 28.6 Å². The molecule has 22 heavy (non-hydrogen) atoms. The number of hydrogen-bond donors (Lipinski definition) is 1. The maximum absolute atomic E-state index is 11.8. The van der Waals surface area contributed by atoms with Crippen LogP contribution >= 0.6 is 0 Å². The summed E-state index contributed by atoms with van der Waals surface area (Å²) >= 11 is 0. The number of carbonyl (C=O) groups is 4. The minimum Gasteiger partial charge on any atom is -0.506 e. The number of phenolic OH excluding ortho intramolecular Hbond substituents is 1. The second-order valence-corrected chi connectivity index (χ2v) is 4.68. The predicted molar refractivity (Wildman–Crippen MR) is 75.5 cm³/mol. The molecule has 0 atom stereocenters. The first-order valence-electron chi connectivity index (χ1n) is 6.36. The van der Waals surface area contributed by atoms with E-state index >= 15 is 0 Å². The summed E-state index contributed by atoms with van der Waals surface area (Å²) in [6.45, 7) is 5.94. The summed E-state index contributed by atoms with van der Waals surface area (Å²) in [4.78, 5) is 45.9. The maximum atomic E-state index is 11.8. The molecular formula is C15H16O7. The van der Waals surface area contributed by atoms with E-state index in [0.717, 1.165) is 27.7 Å². The van der Waals surface area contributed by atoms with E-state index in [2.05, 4.69) is 0 Å². The molecule has 1 N–H and O–H groups in total. The first-order valence-corrected chi connectivity index (χ1v) is 6.36. The average molecular weight is 308 g/mol. The summed E-state index contributed by atoms with van der Waals surface area (Å²) in [6.07, 6.45) is 0. The Hall–Kier alpha value is -2.70. The lowest BCUT2D eigenvalue weighted by Gasteiger charge is -2.18. The molecule has 1 aromatic carbocycles. The molecule has 0 aliphatic heterocycles. The summed E-state index contributed by atoms with van der Waals surface area (Å²) in [5, 5.41) is 10.2. The van der Waals surface area contributed by atoms with E-state index < -0.39 is 29.3 Å². The standard InChI is InChI=1S/C15H16O7/c1-6-14(21-9(4)18)11(7(2)16)13(20)12(8(3)17)15(6)22-10(5)19/h20H,1-5H3. The van der Waals surface area contributed by atoms with Crippen molar-refractivity contribution < 1.29 is 33.8 Å². The van der Waals surface area contributed by atoms with Crippen molar-refractivity contribution in [3.63, 3.8) is 0 Å². The van der Waals surface area contributed by atoms with E-state index in [0.29, 0.717) is 0 Å². The van der Waals surface area contributed by atoms with Gasteiger partial charge in [0, 0.05) is 19.4 Å². The van der Waals surface area contributed by atoms with Gasteiger partial charge in [0.25, 0.3) is 0 Å². The van der Waals surface area contributed by atoms with Crippen molar-refractivity contribution in [3.05, 3.63) is 16.7 Å². The van der Waals surface area contributed by atoms with E-state index in [1.54, 1.807) is 0 Å². The lowest BCUT2D eigenvalue weighted by molar-refractivity contribution is -0.132. The number of hydrogen-bond acceptors (Lipinski definition) is 7. The molecule has 0 heterocycles. The third kappa shape index (κ3) is 3.30. The first-order chi connectivity index (χ1) is 10.1. The van der Waals surface area contributed by atoms with Crippen LogP contribution in [0.2, 0.25) is 0 Å². The molecule has 0 aliphatic rings. The van der Waals surface area contributed by atoms with Gasteiger partial charge in [-0.15, -0.1) is 0 Å². The summed E-state index contributed by atoms with van der Waals surface area (Å²) in [7, 11) is 0. The molecule has 1 aromatic rings. The molecule has 0 aromatic heterocycles. The highest BCUT2D eigenvalue weighted by Gasteiger charge is 2.29. The van der Waals surface area contributed by atoms with Gasteiger partial charge in [-0.1, -0.05) is 0 Å². The molecule has 0 bridgehead atoms. The zero-order valence-electron chi connectivity index (χ0n) is 12.9. The third-order valence-electron chi connectivity index (χ3n) is 2.80. The zero-order valence-corrected chi connectivity index (χ0v) is 12.9. The van der Waals surface area contributed by atoms with Crippen molar-refractivity contribution in [3.8, 4) is 17.2 Å². The van der Waals surface area contributed by atoms with E-state index in [1.807, 2.05) is 0 Å². The molecule has 0 spiro atoms. The van der Waals surface area contributed by atoms with Gasteiger partial charge in [-0.05, 0) is 20.8 Å². The Morgan fingerprint density at radius 3 is 1.32 bits per heavy atom. The fraction of sp³-hybridized carbons (Fsp3) is 0.333. The normalized spacial score (nSPS) is 10.0. The highest BCUT2D eigenvalue weighted by Crippen LogP contribution is 2.43. The van der Waals surface area contributed by atoms with Crippen LogP contribution in [0.4, 0.5) is 0 Å². The number of ether oxygens (including phenoxy) is 2. The summed E-state index contributed by atoms with van der Waals surface area (Å²) in [5.41, 5.74) is -0.527. The molecule has 1 rings (SSSR count). The van der Waals surface area contributed by atoms with Crippen LogP contribution in [0.5, 0.6) is 17.2 Å². The molecule has 0 radical (unpaired) electrons. The second-order valence-electron chi connectivity index (χ2n) is 4.68. The highest BCUT2D eigenvalue weighted by molar-refractivity contribution is 6.09. The van der Waals surface area contributed by atoms with Gasteiger partial charge >= 0.3 is 11.9 Å². The molecule has 118 valence electrons. The van der Waals surface area contributed by atoms with Gasteiger partial charge in [0.05, 0.1) is 0 Å². The molecule has 0 unspecified atom stereocenters. The number of Topliss-reactive ketones (excluding diaryl/α,β-unsaturated/α-hetero) is 2. The Labute approximate surface area is 126 Å². The second kappa shape index (κ2) is 6.38. The quantitative estimate of drug-likeness (QED) is 0.514. The summed E-state index contributed by atoms with van der Waals surface area (Å²) in [5.74, 6) is -3.82. The van der Waals surface area contributed by atoms with E-state index in [4.69, 9.17) is 9.47 Å². The predicted octanol–water partition coefficient (Wildman–Crippen LogP) is 1.96. The monoisotopic (exact) mass is 308 g/mol. The Morgan fingerprint density at radius 2 is 1.09 bits per heavy atom. The molecule has 0 aliphatic carbocycles. The molecule has 0 amide bonds. The maximum Gasteiger partial charge on any atom is 0.308 e. The largest absolute Gasteiger partial charge is 0.506 e. The van der Waals surface area contributed by atoms with E-state index in [9.17, 15) is 24.3 Å². The molecule has 0 saturated carbocycles. The number of ketones is 2. The van der Waals surface area contributed by atoms with E-state index in [-0.39, 0.29) is 28.2 Å². The Bertz CT molecular complexity index is 631. The minimum atomic E-state index is -0.727. The number of benzene rings is 1. The molecule has 0 saturated heterocycles. The fourth-order valence-corrected chi connectivity index (χ4v) is 2.01. The smallest absolute Gasteiger partial charge is 0.308 e. The zero-order chi connectivity index (χ0) is 17.2. The first kappa shape index (κ1) is 17.4. The van der Waals surface area contributed by atoms with Gasteiger partial charge in [0.15, 0.2) is 23.1 Å². The van der Waals surface area contributed by atoms with Gasteiger partial charge in [-0.3, -0.25) is 19.2 Å². The Balaban J connectivity index is 3.88. The third-order valence-corrected chi connectivity index (χ3v) is 2.80. The lowest BCUT2D eigenvalue weighted by Crippen LogP contribution is -2.14. The van der Waals surface area contributed by atoms with Crippen LogP contribution in [-0.2, 0) is 9.59 Å². The van der Waals surface area contributed by atoms with Crippen LogP contribution in [0.25, 0.3) is 0 Å². The summed E-state index contributed by atoms with van der Waals surface area (Å²) in [6, 6.07) is 0. The topological polar surface area (TPSA) is 107 Å². The molecular weight excluding hydrogens is 292 g/mol.